The molecule has 0 bridgehead atoms. The highest BCUT2D eigenvalue weighted by Gasteiger charge is 1.88. The van der Waals surface area contributed by atoms with Crippen LogP contribution in [0.4, 0.5) is 0 Å². The molecule has 0 heterocycles. The van der Waals surface area contributed by atoms with Gasteiger partial charge in [-0.2, -0.15) is 0 Å². The lowest BCUT2D eigenvalue weighted by Gasteiger charge is -1.98. The van der Waals surface area contributed by atoms with E-state index in [1.54, 1.807) is 0 Å². The van der Waals surface area contributed by atoms with Crippen molar-refractivity contribution in [2.75, 3.05) is 6.61 Å². The molecular formula is C16H30O. The Kier molecular flexibility index (Phi) is 14.9. The predicted molar refractivity (Wildman–Crippen MR) is 77.2 cm³/mol. The SMILES string of the molecule is CCCCCCCCC/C=C\C=C/CCCO. The topological polar surface area (TPSA) is 20.2 Å². The van der Waals surface area contributed by atoms with E-state index in [0.717, 1.165) is 12.8 Å². The first-order valence-corrected chi connectivity index (χ1v) is 7.34. The van der Waals surface area contributed by atoms with Gasteiger partial charge in [0.25, 0.3) is 0 Å². The normalized spacial score (nSPS) is 11.9. The summed E-state index contributed by atoms with van der Waals surface area (Å²) in [7, 11) is 0. The maximum absolute atomic E-state index is 8.59. The smallest absolute Gasteiger partial charge is 0.0433 e. The Labute approximate surface area is 108 Å². The second kappa shape index (κ2) is 15.4. The predicted octanol–water partition coefficient (Wildman–Crippen LogP) is 5.01. The molecule has 100 valence electrons. The molecule has 0 fully saturated rings. The standard InChI is InChI=1S/C16H30O/c1-2-3-4-5-6-7-8-9-10-11-12-13-14-15-16-17/h10-13,17H,2-9,14-16H2,1H3/b11-10-,13-12-. The van der Waals surface area contributed by atoms with E-state index in [0.29, 0.717) is 6.61 Å². The van der Waals surface area contributed by atoms with Gasteiger partial charge in [0.05, 0.1) is 0 Å². The second-order valence-electron chi connectivity index (χ2n) is 4.63. The molecule has 17 heavy (non-hydrogen) atoms. The second-order valence-corrected chi connectivity index (χ2v) is 4.63. The van der Waals surface area contributed by atoms with Crippen LogP contribution < -0.4 is 0 Å². The Morgan fingerprint density at radius 3 is 1.82 bits per heavy atom. The molecule has 0 aliphatic rings. The fraction of sp³-hybridized carbons (Fsp3) is 0.750. The zero-order valence-corrected chi connectivity index (χ0v) is 11.5. The fourth-order valence-corrected chi connectivity index (χ4v) is 1.78. The van der Waals surface area contributed by atoms with Crippen LogP contribution in [0.25, 0.3) is 0 Å². The molecule has 0 saturated carbocycles. The van der Waals surface area contributed by atoms with Crippen molar-refractivity contribution in [3.05, 3.63) is 24.3 Å². The third-order valence-corrected chi connectivity index (χ3v) is 2.89. The lowest BCUT2D eigenvalue weighted by atomic mass is 10.1. The highest BCUT2D eigenvalue weighted by molar-refractivity contribution is 5.02. The summed E-state index contributed by atoms with van der Waals surface area (Å²) >= 11 is 0. The summed E-state index contributed by atoms with van der Waals surface area (Å²) in [6.07, 6.45) is 21.3. The van der Waals surface area contributed by atoms with E-state index in [4.69, 9.17) is 5.11 Å². The minimum Gasteiger partial charge on any atom is -0.396 e. The van der Waals surface area contributed by atoms with Crippen LogP contribution >= 0.6 is 0 Å². The number of allylic oxidation sites excluding steroid dienone is 4. The average molecular weight is 238 g/mol. The Morgan fingerprint density at radius 2 is 1.24 bits per heavy atom. The lowest BCUT2D eigenvalue weighted by Crippen LogP contribution is -1.79. The summed E-state index contributed by atoms with van der Waals surface area (Å²) in [5.41, 5.74) is 0. The Balaban J connectivity index is 3.11. The first-order valence-electron chi connectivity index (χ1n) is 7.34. The number of aliphatic hydroxyl groups is 1. The third-order valence-electron chi connectivity index (χ3n) is 2.89. The summed E-state index contributed by atoms with van der Waals surface area (Å²) in [5, 5.41) is 8.59. The van der Waals surface area contributed by atoms with Crippen molar-refractivity contribution in [1.82, 2.24) is 0 Å². The van der Waals surface area contributed by atoms with Crippen LogP contribution in [0.2, 0.25) is 0 Å². The molecule has 0 spiro atoms. The van der Waals surface area contributed by atoms with Crippen LogP contribution in [0.15, 0.2) is 24.3 Å². The molecule has 1 N–H and O–H groups in total. The van der Waals surface area contributed by atoms with Gasteiger partial charge in [-0.05, 0) is 25.7 Å². The molecule has 0 aromatic rings. The minimum absolute atomic E-state index is 0.298. The van der Waals surface area contributed by atoms with Crippen LogP contribution in [0, 0.1) is 0 Å². The molecule has 0 atom stereocenters. The highest BCUT2D eigenvalue weighted by atomic mass is 16.2. The van der Waals surface area contributed by atoms with Crippen molar-refractivity contribution in [3.8, 4) is 0 Å². The zero-order chi connectivity index (χ0) is 12.6. The Morgan fingerprint density at radius 1 is 0.706 bits per heavy atom. The first kappa shape index (κ1) is 16.4. The number of hydrogen-bond donors (Lipinski definition) is 1. The number of rotatable bonds is 12. The van der Waals surface area contributed by atoms with Gasteiger partial charge >= 0.3 is 0 Å². The largest absolute Gasteiger partial charge is 0.396 e. The fourth-order valence-electron chi connectivity index (χ4n) is 1.78. The Bertz CT molecular complexity index is 182. The first-order chi connectivity index (χ1) is 8.41. The summed E-state index contributed by atoms with van der Waals surface area (Å²) in [6, 6.07) is 0. The van der Waals surface area contributed by atoms with Crippen molar-refractivity contribution in [2.45, 2.75) is 71.1 Å². The summed E-state index contributed by atoms with van der Waals surface area (Å²) in [5.74, 6) is 0. The third kappa shape index (κ3) is 15.4. The van der Waals surface area contributed by atoms with E-state index in [1.807, 2.05) is 0 Å². The van der Waals surface area contributed by atoms with Gasteiger partial charge < -0.3 is 5.11 Å². The molecule has 1 nitrogen and oxygen atoms in total. The molecule has 0 rings (SSSR count). The van der Waals surface area contributed by atoms with Gasteiger partial charge in [-0.25, -0.2) is 0 Å². The maximum atomic E-state index is 8.59. The lowest BCUT2D eigenvalue weighted by molar-refractivity contribution is 0.289. The van der Waals surface area contributed by atoms with Crippen molar-refractivity contribution in [1.29, 1.82) is 0 Å². The molecule has 0 amide bonds. The van der Waals surface area contributed by atoms with E-state index >= 15 is 0 Å². The molecular weight excluding hydrogens is 208 g/mol. The highest BCUT2D eigenvalue weighted by Crippen LogP contribution is 2.08. The van der Waals surface area contributed by atoms with Gasteiger partial charge in [-0.15, -0.1) is 0 Å². The van der Waals surface area contributed by atoms with Crippen LogP contribution in [0.5, 0.6) is 0 Å². The van der Waals surface area contributed by atoms with Crippen LogP contribution in [0.3, 0.4) is 0 Å². The maximum Gasteiger partial charge on any atom is 0.0433 e. The van der Waals surface area contributed by atoms with E-state index in [-0.39, 0.29) is 0 Å². The van der Waals surface area contributed by atoms with Crippen molar-refractivity contribution < 1.29 is 5.11 Å². The summed E-state index contributed by atoms with van der Waals surface area (Å²) in [6.45, 7) is 2.56. The molecule has 0 aromatic carbocycles. The van der Waals surface area contributed by atoms with Gasteiger partial charge in [0.15, 0.2) is 0 Å². The molecule has 1 heteroatoms. The molecule has 0 aliphatic heterocycles. The minimum atomic E-state index is 0.298. The van der Waals surface area contributed by atoms with Gasteiger partial charge in [-0.3, -0.25) is 0 Å². The number of hydrogen-bond acceptors (Lipinski definition) is 1. The Hall–Kier alpha value is -0.560. The molecule has 0 unspecified atom stereocenters. The van der Waals surface area contributed by atoms with Gasteiger partial charge in [0.1, 0.15) is 0 Å². The molecule has 0 radical (unpaired) electrons. The van der Waals surface area contributed by atoms with Crippen LogP contribution in [0.1, 0.15) is 71.1 Å². The van der Waals surface area contributed by atoms with E-state index in [9.17, 15) is 0 Å². The average Bonchev–Trinajstić information content (AvgIpc) is 2.35. The van der Waals surface area contributed by atoms with Crippen molar-refractivity contribution in [2.24, 2.45) is 0 Å². The quantitative estimate of drug-likeness (QED) is 0.374. The van der Waals surface area contributed by atoms with Gasteiger partial charge in [0, 0.05) is 6.61 Å². The zero-order valence-electron chi connectivity index (χ0n) is 11.5. The van der Waals surface area contributed by atoms with Crippen molar-refractivity contribution in [3.63, 3.8) is 0 Å². The van der Waals surface area contributed by atoms with Crippen LogP contribution in [-0.2, 0) is 0 Å². The number of unbranched alkanes of at least 4 members (excludes halogenated alkanes) is 8. The van der Waals surface area contributed by atoms with E-state index in [1.165, 1.54) is 51.4 Å². The summed E-state index contributed by atoms with van der Waals surface area (Å²) in [4.78, 5) is 0. The number of aliphatic hydroxyl groups excluding tert-OH is 1. The van der Waals surface area contributed by atoms with Crippen LogP contribution in [-0.4, -0.2) is 11.7 Å². The molecule has 0 saturated heterocycles. The van der Waals surface area contributed by atoms with Gasteiger partial charge in [0.2, 0.25) is 0 Å². The molecule has 0 aromatic heterocycles. The summed E-state index contributed by atoms with van der Waals surface area (Å²) < 4.78 is 0. The van der Waals surface area contributed by atoms with E-state index in [2.05, 4.69) is 31.2 Å². The van der Waals surface area contributed by atoms with E-state index < -0.39 is 0 Å². The molecule has 0 aliphatic carbocycles. The van der Waals surface area contributed by atoms with Crippen molar-refractivity contribution >= 4 is 0 Å². The van der Waals surface area contributed by atoms with Gasteiger partial charge in [-0.1, -0.05) is 69.8 Å². The monoisotopic (exact) mass is 238 g/mol.